The molecule has 0 bridgehead atoms. The molecular formula is C11H13N5O3. The number of nitrogens with zero attached hydrogens (tertiary/aromatic N) is 3. The van der Waals surface area contributed by atoms with E-state index in [1.807, 2.05) is 24.3 Å². The fraction of sp³-hybridized carbons (Fsp3) is 0.273. The molecule has 0 saturated carbocycles. The highest BCUT2D eigenvalue weighted by atomic mass is 16.5. The minimum absolute atomic E-state index is 0.304. The Hall–Kier alpha value is -2.64. The lowest BCUT2D eigenvalue weighted by atomic mass is 10.1. The van der Waals surface area contributed by atoms with Gasteiger partial charge in [-0.3, -0.25) is 0 Å². The smallest absolute Gasteiger partial charge is 0.405 e. The lowest BCUT2D eigenvalue weighted by Gasteiger charge is -2.13. The molecule has 1 amide bonds. The van der Waals surface area contributed by atoms with Gasteiger partial charge in [-0.15, -0.1) is 10.2 Å². The summed E-state index contributed by atoms with van der Waals surface area (Å²) in [5.41, 5.74) is 0.935. The molecule has 19 heavy (non-hydrogen) atoms. The Labute approximate surface area is 108 Å². The van der Waals surface area contributed by atoms with Crippen molar-refractivity contribution >= 4 is 6.09 Å². The summed E-state index contributed by atoms with van der Waals surface area (Å²) in [6.07, 6.45) is -0.709. The molecule has 1 aromatic heterocycles. The van der Waals surface area contributed by atoms with E-state index in [1.54, 1.807) is 7.11 Å². The molecule has 1 aromatic carbocycles. The zero-order valence-electron chi connectivity index (χ0n) is 10.2. The van der Waals surface area contributed by atoms with Gasteiger partial charge in [0.05, 0.1) is 7.11 Å². The van der Waals surface area contributed by atoms with Gasteiger partial charge >= 0.3 is 6.09 Å². The second-order valence-electron chi connectivity index (χ2n) is 3.82. The van der Waals surface area contributed by atoms with Crippen LogP contribution in [-0.2, 0) is 6.42 Å². The largest absolute Gasteiger partial charge is 0.497 e. The van der Waals surface area contributed by atoms with Crippen LogP contribution in [0.2, 0.25) is 0 Å². The van der Waals surface area contributed by atoms with E-state index in [9.17, 15) is 4.79 Å². The zero-order valence-corrected chi connectivity index (χ0v) is 10.2. The normalized spacial score (nSPS) is 11.8. The van der Waals surface area contributed by atoms with E-state index < -0.39 is 12.1 Å². The van der Waals surface area contributed by atoms with Gasteiger partial charge in [-0.25, -0.2) is 4.79 Å². The highest BCUT2D eigenvalue weighted by Gasteiger charge is 2.18. The summed E-state index contributed by atoms with van der Waals surface area (Å²) in [4.78, 5) is 10.8. The fourth-order valence-corrected chi connectivity index (χ4v) is 1.67. The van der Waals surface area contributed by atoms with Crippen molar-refractivity contribution in [1.29, 1.82) is 0 Å². The second-order valence-corrected chi connectivity index (χ2v) is 3.82. The van der Waals surface area contributed by atoms with Crippen LogP contribution < -0.4 is 10.1 Å². The van der Waals surface area contributed by atoms with Gasteiger partial charge in [-0.05, 0) is 17.7 Å². The van der Waals surface area contributed by atoms with Crippen molar-refractivity contribution in [2.45, 2.75) is 12.5 Å². The molecule has 0 fully saturated rings. The molecule has 0 saturated heterocycles. The summed E-state index contributed by atoms with van der Waals surface area (Å²) in [5, 5.41) is 24.5. The third kappa shape index (κ3) is 3.41. The van der Waals surface area contributed by atoms with Crippen LogP contribution in [0.15, 0.2) is 24.3 Å². The topological polar surface area (TPSA) is 113 Å². The van der Waals surface area contributed by atoms with Crippen LogP contribution >= 0.6 is 0 Å². The minimum Gasteiger partial charge on any atom is -0.497 e. The van der Waals surface area contributed by atoms with Crippen molar-refractivity contribution < 1.29 is 14.6 Å². The van der Waals surface area contributed by atoms with Crippen molar-refractivity contribution in [1.82, 2.24) is 25.9 Å². The SMILES string of the molecule is COc1ccc(C[C@H](NC(=O)O)c2nn[nH]n2)cc1. The van der Waals surface area contributed by atoms with Gasteiger partial charge in [0, 0.05) is 6.42 Å². The van der Waals surface area contributed by atoms with E-state index in [1.165, 1.54) is 0 Å². The number of carboxylic acid groups (broad SMARTS) is 1. The minimum atomic E-state index is -1.14. The third-order valence-electron chi connectivity index (χ3n) is 2.57. The number of aromatic amines is 1. The number of nitrogens with one attached hydrogen (secondary N) is 2. The number of hydrogen-bond donors (Lipinski definition) is 3. The Balaban J connectivity index is 2.12. The van der Waals surface area contributed by atoms with Crippen LogP contribution in [0, 0.1) is 0 Å². The van der Waals surface area contributed by atoms with Gasteiger partial charge in [0.25, 0.3) is 0 Å². The zero-order chi connectivity index (χ0) is 13.7. The van der Waals surface area contributed by atoms with E-state index in [2.05, 4.69) is 25.9 Å². The predicted molar refractivity (Wildman–Crippen MR) is 64.8 cm³/mol. The molecule has 3 N–H and O–H groups in total. The van der Waals surface area contributed by atoms with Gasteiger partial charge in [0.2, 0.25) is 0 Å². The van der Waals surface area contributed by atoms with Crippen molar-refractivity contribution in [2.24, 2.45) is 0 Å². The van der Waals surface area contributed by atoms with Crippen molar-refractivity contribution in [3.8, 4) is 5.75 Å². The number of benzene rings is 1. The molecule has 100 valence electrons. The first kappa shape index (κ1) is 12.8. The Morgan fingerprint density at radius 1 is 1.47 bits per heavy atom. The van der Waals surface area contributed by atoms with Crippen molar-refractivity contribution in [3.05, 3.63) is 35.7 Å². The first-order chi connectivity index (χ1) is 9.19. The average Bonchev–Trinajstić information content (AvgIpc) is 2.92. The molecule has 0 aliphatic rings. The lowest BCUT2D eigenvalue weighted by Crippen LogP contribution is -2.29. The number of tetrazole rings is 1. The Bertz CT molecular complexity index is 526. The summed E-state index contributed by atoms with van der Waals surface area (Å²) >= 11 is 0. The lowest BCUT2D eigenvalue weighted by molar-refractivity contribution is 0.189. The van der Waals surface area contributed by atoms with E-state index in [0.717, 1.165) is 11.3 Å². The van der Waals surface area contributed by atoms with Crippen molar-refractivity contribution in [2.75, 3.05) is 7.11 Å². The van der Waals surface area contributed by atoms with Gasteiger partial charge in [0.1, 0.15) is 11.8 Å². The van der Waals surface area contributed by atoms with Gasteiger partial charge in [-0.1, -0.05) is 17.3 Å². The Morgan fingerprint density at radius 2 is 2.21 bits per heavy atom. The molecule has 8 nitrogen and oxygen atoms in total. The van der Waals surface area contributed by atoms with E-state index in [0.29, 0.717) is 12.2 Å². The average molecular weight is 263 g/mol. The third-order valence-corrected chi connectivity index (χ3v) is 2.57. The number of methoxy groups -OCH3 is 1. The van der Waals surface area contributed by atoms with Gasteiger partial charge in [-0.2, -0.15) is 5.21 Å². The van der Waals surface area contributed by atoms with Crippen LogP contribution in [-0.4, -0.2) is 38.9 Å². The van der Waals surface area contributed by atoms with Crippen LogP contribution in [0.5, 0.6) is 5.75 Å². The molecule has 0 spiro atoms. The van der Waals surface area contributed by atoms with E-state index >= 15 is 0 Å². The molecule has 8 heteroatoms. The van der Waals surface area contributed by atoms with Crippen LogP contribution in [0.25, 0.3) is 0 Å². The number of amides is 1. The van der Waals surface area contributed by atoms with Crippen LogP contribution in [0.3, 0.4) is 0 Å². The predicted octanol–water partition coefficient (Wildman–Crippen LogP) is 0.760. The summed E-state index contributed by atoms with van der Waals surface area (Å²) in [5.74, 6) is 1.05. The fourth-order valence-electron chi connectivity index (χ4n) is 1.67. The number of aromatic nitrogens is 4. The van der Waals surface area contributed by atoms with Gasteiger partial charge in [0.15, 0.2) is 5.82 Å². The first-order valence-electron chi connectivity index (χ1n) is 5.55. The summed E-state index contributed by atoms with van der Waals surface area (Å²) in [7, 11) is 1.59. The Kier molecular flexibility index (Phi) is 3.91. The standard InChI is InChI=1S/C11H13N5O3/c1-19-8-4-2-7(3-5-8)6-9(12-11(17)18)10-13-15-16-14-10/h2-5,9,12H,6H2,1H3,(H,17,18)(H,13,14,15,16)/t9-/m0/s1. The number of H-pyrrole nitrogens is 1. The highest BCUT2D eigenvalue weighted by Crippen LogP contribution is 2.17. The van der Waals surface area contributed by atoms with Gasteiger partial charge < -0.3 is 15.2 Å². The number of hydrogen-bond acceptors (Lipinski definition) is 5. The molecule has 2 aromatic rings. The first-order valence-corrected chi connectivity index (χ1v) is 5.55. The van der Waals surface area contributed by atoms with Crippen LogP contribution in [0.1, 0.15) is 17.4 Å². The number of rotatable bonds is 5. The molecule has 0 aliphatic carbocycles. The molecule has 0 unspecified atom stereocenters. The molecule has 0 aliphatic heterocycles. The van der Waals surface area contributed by atoms with Crippen LogP contribution in [0.4, 0.5) is 4.79 Å². The van der Waals surface area contributed by atoms with E-state index in [-0.39, 0.29) is 0 Å². The monoisotopic (exact) mass is 263 g/mol. The number of carbonyl (C=O) groups is 1. The summed E-state index contributed by atoms with van der Waals surface area (Å²) in [6.45, 7) is 0. The van der Waals surface area contributed by atoms with Crippen molar-refractivity contribution in [3.63, 3.8) is 0 Å². The maximum atomic E-state index is 10.8. The molecule has 1 atom stereocenters. The molecule has 2 rings (SSSR count). The maximum absolute atomic E-state index is 10.8. The molecular weight excluding hydrogens is 250 g/mol. The van der Waals surface area contributed by atoms with E-state index in [4.69, 9.17) is 9.84 Å². The molecule has 1 heterocycles. The maximum Gasteiger partial charge on any atom is 0.405 e. The molecule has 0 radical (unpaired) electrons. The quantitative estimate of drug-likeness (QED) is 0.734. The summed E-state index contributed by atoms with van der Waals surface area (Å²) in [6, 6.07) is 6.78. The number of ether oxygens (including phenoxy) is 1. The summed E-state index contributed by atoms with van der Waals surface area (Å²) < 4.78 is 5.06. The Morgan fingerprint density at radius 3 is 2.74 bits per heavy atom. The second kappa shape index (κ2) is 5.80. The highest BCUT2D eigenvalue weighted by molar-refractivity contribution is 5.65.